The van der Waals surface area contributed by atoms with Gasteiger partial charge in [0.05, 0.1) is 18.3 Å². The smallest absolute Gasteiger partial charge is 0.0651 e. The van der Waals surface area contributed by atoms with E-state index in [0.29, 0.717) is 0 Å². The summed E-state index contributed by atoms with van der Waals surface area (Å²) >= 11 is 0. The second-order valence-corrected chi connectivity index (χ2v) is 4.98. The molecular formula is C10H19N3O. The lowest BCUT2D eigenvalue weighted by Crippen LogP contribution is -2.38. The Kier molecular flexibility index (Phi) is 2.69. The van der Waals surface area contributed by atoms with Gasteiger partial charge < -0.3 is 10.8 Å². The summed E-state index contributed by atoms with van der Waals surface area (Å²) in [6, 6.07) is 0. The van der Waals surface area contributed by atoms with E-state index in [1.165, 1.54) is 0 Å². The van der Waals surface area contributed by atoms with E-state index in [9.17, 15) is 5.11 Å². The summed E-state index contributed by atoms with van der Waals surface area (Å²) in [5.74, 6) is 0. The molecule has 0 amide bonds. The predicted molar refractivity (Wildman–Crippen MR) is 55.9 cm³/mol. The molecule has 0 aliphatic heterocycles. The first-order valence-corrected chi connectivity index (χ1v) is 4.73. The van der Waals surface area contributed by atoms with E-state index >= 15 is 0 Å². The number of aliphatic hydroxyl groups excluding tert-OH is 1. The summed E-state index contributed by atoms with van der Waals surface area (Å²) in [5.41, 5.74) is 7.07. The van der Waals surface area contributed by atoms with Gasteiger partial charge in [-0.2, -0.15) is 5.10 Å². The average Bonchev–Trinajstić information content (AvgIpc) is 2.51. The third-order valence-corrected chi connectivity index (χ3v) is 2.33. The Balaban J connectivity index is 3.18. The van der Waals surface area contributed by atoms with Crippen LogP contribution in [0.25, 0.3) is 0 Å². The number of hydrogen-bond donors (Lipinski definition) is 3. The van der Waals surface area contributed by atoms with Crippen LogP contribution in [0.4, 0.5) is 0 Å². The number of hydrogen-bond acceptors (Lipinski definition) is 3. The average molecular weight is 197 g/mol. The van der Waals surface area contributed by atoms with Crippen LogP contribution >= 0.6 is 0 Å². The SMILES string of the molecule is CC(C)(C)c1[nH]ncc1C(C)(N)CO. The van der Waals surface area contributed by atoms with Crippen LogP contribution in [0.2, 0.25) is 0 Å². The van der Waals surface area contributed by atoms with Crippen molar-refractivity contribution in [3.63, 3.8) is 0 Å². The molecule has 1 atom stereocenters. The maximum atomic E-state index is 9.19. The fraction of sp³-hybridized carbons (Fsp3) is 0.700. The van der Waals surface area contributed by atoms with E-state index < -0.39 is 5.54 Å². The van der Waals surface area contributed by atoms with Crippen LogP contribution < -0.4 is 5.73 Å². The van der Waals surface area contributed by atoms with Gasteiger partial charge in [0.25, 0.3) is 0 Å². The second kappa shape index (κ2) is 3.37. The van der Waals surface area contributed by atoms with Gasteiger partial charge in [-0.25, -0.2) is 0 Å². The van der Waals surface area contributed by atoms with Crippen molar-refractivity contribution in [3.8, 4) is 0 Å². The third kappa shape index (κ3) is 1.96. The second-order valence-electron chi connectivity index (χ2n) is 4.98. The minimum absolute atomic E-state index is 0.0400. The standard InChI is InChI=1S/C10H19N3O/c1-9(2,3)8-7(5-12-13-8)10(4,11)6-14/h5,14H,6,11H2,1-4H3,(H,12,13). The summed E-state index contributed by atoms with van der Waals surface area (Å²) in [6.07, 6.45) is 1.69. The number of rotatable bonds is 2. The quantitative estimate of drug-likeness (QED) is 0.658. The van der Waals surface area contributed by atoms with Crippen molar-refractivity contribution in [2.24, 2.45) is 5.73 Å². The molecule has 1 rings (SSSR count). The Morgan fingerprint density at radius 1 is 1.43 bits per heavy atom. The molecule has 4 heteroatoms. The number of aromatic amines is 1. The van der Waals surface area contributed by atoms with Crippen LogP contribution in [0.15, 0.2) is 6.20 Å². The lowest BCUT2D eigenvalue weighted by Gasteiger charge is -2.26. The highest BCUT2D eigenvalue weighted by molar-refractivity contribution is 5.30. The van der Waals surface area contributed by atoms with Crippen LogP contribution in [0.1, 0.15) is 39.0 Å². The zero-order valence-corrected chi connectivity index (χ0v) is 9.26. The normalized spacial score (nSPS) is 16.7. The third-order valence-electron chi connectivity index (χ3n) is 2.33. The molecule has 0 fully saturated rings. The van der Waals surface area contributed by atoms with Gasteiger partial charge in [-0.15, -0.1) is 0 Å². The van der Waals surface area contributed by atoms with Gasteiger partial charge in [0.1, 0.15) is 0 Å². The summed E-state index contributed by atoms with van der Waals surface area (Å²) in [4.78, 5) is 0. The lowest BCUT2D eigenvalue weighted by atomic mass is 9.83. The van der Waals surface area contributed by atoms with Gasteiger partial charge in [0.2, 0.25) is 0 Å². The molecule has 1 aromatic rings. The van der Waals surface area contributed by atoms with Gasteiger partial charge in [-0.3, -0.25) is 5.10 Å². The first-order chi connectivity index (χ1) is 6.29. The Morgan fingerprint density at radius 3 is 2.43 bits per heavy atom. The molecule has 1 heterocycles. The van der Waals surface area contributed by atoms with Crippen molar-refractivity contribution < 1.29 is 5.11 Å². The molecule has 1 unspecified atom stereocenters. The Hall–Kier alpha value is -0.870. The monoisotopic (exact) mass is 197 g/mol. The van der Waals surface area contributed by atoms with Gasteiger partial charge in [-0.1, -0.05) is 20.8 Å². The first kappa shape index (κ1) is 11.2. The summed E-state index contributed by atoms with van der Waals surface area (Å²) in [6.45, 7) is 7.95. The number of nitrogens with one attached hydrogen (secondary N) is 1. The fourth-order valence-corrected chi connectivity index (χ4v) is 1.38. The molecular weight excluding hydrogens is 178 g/mol. The minimum Gasteiger partial charge on any atom is -0.394 e. The Bertz CT molecular complexity index is 309. The van der Waals surface area contributed by atoms with E-state index in [0.717, 1.165) is 11.3 Å². The molecule has 0 bridgehead atoms. The van der Waals surface area contributed by atoms with Crippen molar-refractivity contribution in [1.29, 1.82) is 0 Å². The number of aliphatic hydroxyl groups is 1. The van der Waals surface area contributed by atoms with E-state index in [1.54, 1.807) is 13.1 Å². The maximum absolute atomic E-state index is 9.19. The molecule has 0 aliphatic rings. The maximum Gasteiger partial charge on any atom is 0.0651 e. The largest absolute Gasteiger partial charge is 0.394 e. The zero-order chi connectivity index (χ0) is 11.0. The van der Waals surface area contributed by atoms with Crippen LogP contribution in [0, 0.1) is 0 Å². The van der Waals surface area contributed by atoms with E-state index in [-0.39, 0.29) is 12.0 Å². The number of aromatic nitrogens is 2. The van der Waals surface area contributed by atoms with Crippen LogP contribution in [0.3, 0.4) is 0 Å². The van der Waals surface area contributed by atoms with Gasteiger partial charge in [0, 0.05) is 16.7 Å². The zero-order valence-electron chi connectivity index (χ0n) is 9.26. The summed E-state index contributed by atoms with van der Waals surface area (Å²) < 4.78 is 0. The summed E-state index contributed by atoms with van der Waals surface area (Å²) in [5, 5.41) is 16.1. The van der Waals surface area contributed by atoms with Crippen molar-refractivity contribution >= 4 is 0 Å². The van der Waals surface area contributed by atoms with Crippen molar-refractivity contribution in [3.05, 3.63) is 17.5 Å². The lowest BCUT2D eigenvalue weighted by molar-refractivity contribution is 0.208. The van der Waals surface area contributed by atoms with Gasteiger partial charge >= 0.3 is 0 Å². The molecule has 0 spiro atoms. The molecule has 4 nitrogen and oxygen atoms in total. The number of H-pyrrole nitrogens is 1. The van der Waals surface area contributed by atoms with E-state index in [2.05, 4.69) is 31.0 Å². The van der Waals surface area contributed by atoms with Gasteiger partial charge in [-0.05, 0) is 6.92 Å². The highest BCUT2D eigenvalue weighted by Crippen LogP contribution is 2.29. The highest BCUT2D eigenvalue weighted by atomic mass is 16.3. The molecule has 14 heavy (non-hydrogen) atoms. The van der Waals surface area contributed by atoms with Crippen molar-refractivity contribution in [2.75, 3.05) is 6.61 Å². The molecule has 0 saturated heterocycles. The van der Waals surface area contributed by atoms with Crippen molar-refractivity contribution in [1.82, 2.24) is 10.2 Å². The number of nitrogens with zero attached hydrogens (tertiary/aromatic N) is 1. The molecule has 4 N–H and O–H groups in total. The van der Waals surface area contributed by atoms with E-state index in [4.69, 9.17) is 5.73 Å². The topological polar surface area (TPSA) is 74.9 Å². The minimum atomic E-state index is -0.727. The fourth-order valence-electron chi connectivity index (χ4n) is 1.38. The van der Waals surface area contributed by atoms with Gasteiger partial charge in [0.15, 0.2) is 0 Å². The van der Waals surface area contributed by atoms with Crippen LogP contribution in [0.5, 0.6) is 0 Å². The highest BCUT2D eigenvalue weighted by Gasteiger charge is 2.29. The van der Waals surface area contributed by atoms with Crippen LogP contribution in [-0.2, 0) is 11.0 Å². The molecule has 0 aromatic carbocycles. The molecule has 0 saturated carbocycles. The Morgan fingerprint density at radius 2 is 2.00 bits per heavy atom. The van der Waals surface area contributed by atoms with Crippen molar-refractivity contribution in [2.45, 2.75) is 38.6 Å². The van der Waals surface area contributed by atoms with E-state index in [1.807, 2.05) is 0 Å². The molecule has 1 aromatic heterocycles. The molecule has 80 valence electrons. The predicted octanol–water partition coefficient (Wildman–Crippen LogP) is 0.873. The first-order valence-electron chi connectivity index (χ1n) is 4.73. The Labute approximate surface area is 84.5 Å². The van der Waals surface area contributed by atoms with Crippen LogP contribution in [-0.4, -0.2) is 21.9 Å². The number of nitrogens with two attached hydrogens (primary N) is 1. The molecule has 0 radical (unpaired) electrons. The summed E-state index contributed by atoms with van der Waals surface area (Å²) in [7, 11) is 0. The molecule has 0 aliphatic carbocycles.